The molecule has 0 atom stereocenters. The molecule has 0 bridgehead atoms. The van der Waals surface area contributed by atoms with E-state index in [1.54, 1.807) is 4.57 Å². The van der Waals surface area contributed by atoms with Gasteiger partial charge in [-0.2, -0.15) is 0 Å². The number of hydrogen-bond acceptors (Lipinski definition) is 3. The van der Waals surface area contributed by atoms with Crippen molar-refractivity contribution < 1.29 is 14.7 Å². The Morgan fingerprint density at radius 2 is 1.33 bits per heavy atom. The zero-order valence-corrected chi connectivity index (χ0v) is 18.7. The molecule has 0 unspecified atom stereocenters. The van der Waals surface area contributed by atoms with Gasteiger partial charge in [0.25, 0.3) is 0 Å². The highest BCUT2D eigenvalue weighted by atomic mass is 16.3. The van der Waals surface area contributed by atoms with Crippen molar-refractivity contribution in [2.45, 2.75) is 20.8 Å². The zero-order chi connectivity index (χ0) is 23.3. The van der Waals surface area contributed by atoms with Crippen LogP contribution in [0.2, 0.25) is 0 Å². The topological polar surface area (TPSA) is 59.3 Å². The molecule has 1 N–H and O–H groups in total. The van der Waals surface area contributed by atoms with Crippen LogP contribution in [0.5, 0.6) is 5.88 Å². The predicted molar refractivity (Wildman–Crippen MR) is 133 cm³/mol. The number of hydrogen-bond donors (Lipinski definition) is 1. The molecule has 0 aliphatic carbocycles. The first kappa shape index (κ1) is 20.7. The van der Waals surface area contributed by atoms with Crippen LogP contribution in [0, 0.1) is 6.92 Å². The van der Waals surface area contributed by atoms with Gasteiger partial charge in [0.15, 0.2) is 11.6 Å². The molecular formula is C29H23NO3. The molecule has 0 fully saturated rings. The lowest BCUT2D eigenvalue weighted by Crippen LogP contribution is -2.04. The van der Waals surface area contributed by atoms with Crippen molar-refractivity contribution in [3.63, 3.8) is 0 Å². The maximum Gasteiger partial charge on any atom is 0.207 e. The number of carbonyl (C=O) groups is 2. The fourth-order valence-corrected chi connectivity index (χ4v) is 4.85. The maximum atomic E-state index is 13.0. The van der Waals surface area contributed by atoms with E-state index >= 15 is 0 Å². The highest BCUT2D eigenvalue weighted by Gasteiger charge is 2.28. The standard InChI is InChI=1S/C29H23NO3/c1-17-24-16-21(20-10-6-4-7-11-20)14-15-23(24)27-26(19(3)32)29(33)30(22-12-8-5-9-13-22)28(27)25(17)18(2)31/h4-16,33H,1-3H3. The average Bonchev–Trinajstić information content (AvgIpc) is 3.12. The van der Waals surface area contributed by atoms with Crippen LogP contribution in [0.15, 0.2) is 78.9 Å². The van der Waals surface area contributed by atoms with Crippen LogP contribution in [0.1, 0.15) is 40.1 Å². The summed E-state index contributed by atoms with van der Waals surface area (Å²) in [5.74, 6) is -0.515. The number of aromatic nitrogens is 1. The van der Waals surface area contributed by atoms with Crippen molar-refractivity contribution in [3.8, 4) is 22.7 Å². The molecule has 33 heavy (non-hydrogen) atoms. The molecule has 5 rings (SSSR count). The summed E-state index contributed by atoms with van der Waals surface area (Å²) in [4.78, 5) is 25.7. The molecule has 1 heterocycles. The van der Waals surface area contributed by atoms with Gasteiger partial charge < -0.3 is 5.11 Å². The van der Waals surface area contributed by atoms with Gasteiger partial charge in [0.2, 0.25) is 5.88 Å². The second-order valence-corrected chi connectivity index (χ2v) is 8.33. The van der Waals surface area contributed by atoms with E-state index in [1.807, 2.05) is 79.7 Å². The van der Waals surface area contributed by atoms with Crippen LogP contribution in [0.25, 0.3) is 38.5 Å². The molecule has 0 spiro atoms. The summed E-state index contributed by atoms with van der Waals surface area (Å²) in [6, 6.07) is 25.4. The lowest BCUT2D eigenvalue weighted by Gasteiger charge is -2.15. The highest BCUT2D eigenvalue weighted by molar-refractivity contribution is 6.25. The quantitative estimate of drug-likeness (QED) is 0.315. The second kappa shape index (κ2) is 7.75. The number of para-hydroxylation sites is 1. The van der Waals surface area contributed by atoms with Gasteiger partial charge in [0.05, 0.1) is 11.1 Å². The Kier molecular flexibility index (Phi) is 4.86. The third kappa shape index (κ3) is 3.14. The van der Waals surface area contributed by atoms with Crippen molar-refractivity contribution in [3.05, 3.63) is 95.6 Å². The first-order chi connectivity index (χ1) is 15.9. The van der Waals surface area contributed by atoms with E-state index in [9.17, 15) is 14.7 Å². The van der Waals surface area contributed by atoms with Gasteiger partial charge >= 0.3 is 0 Å². The minimum Gasteiger partial charge on any atom is -0.494 e. The first-order valence-electron chi connectivity index (χ1n) is 10.9. The number of fused-ring (bicyclic) bond motifs is 3. The van der Waals surface area contributed by atoms with E-state index in [1.165, 1.54) is 13.8 Å². The van der Waals surface area contributed by atoms with Crippen LogP contribution in [0.4, 0.5) is 0 Å². The zero-order valence-electron chi connectivity index (χ0n) is 18.7. The van der Waals surface area contributed by atoms with Crippen molar-refractivity contribution in [2.75, 3.05) is 0 Å². The Morgan fingerprint density at radius 1 is 0.727 bits per heavy atom. The number of aromatic hydroxyl groups is 1. The number of ketones is 2. The van der Waals surface area contributed by atoms with Gasteiger partial charge in [0, 0.05) is 16.6 Å². The van der Waals surface area contributed by atoms with E-state index < -0.39 is 0 Å². The number of carbonyl (C=O) groups excluding carboxylic acids is 2. The summed E-state index contributed by atoms with van der Waals surface area (Å²) in [6.07, 6.45) is 0. The summed E-state index contributed by atoms with van der Waals surface area (Å²) < 4.78 is 1.63. The van der Waals surface area contributed by atoms with Crippen molar-refractivity contribution in [2.24, 2.45) is 0 Å². The fraction of sp³-hybridized carbons (Fsp3) is 0.103. The molecule has 0 amide bonds. The molecule has 0 aliphatic heterocycles. The van der Waals surface area contributed by atoms with Gasteiger partial charge in [-0.3, -0.25) is 14.2 Å². The molecule has 0 saturated carbocycles. The Labute approximate surface area is 191 Å². The summed E-state index contributed by atoms with van der Waals surface area (Å²) in [5, 5.41) is 13.6. The number of rotatable bonds is 4. The summed E-state index contributed by atoms with van der Waals surface area (Å²) in [6.45, 7) is 4.91. The van der Waals surface area contributed by atoms with Gasteiger partial charge in [-0.1, -0.05) is 60.7 Å². The fourth-order valence-electron chi connectivity index (χ4n) is 4.85. The average molecular weight is 434 g/mol. The lowest BCUT2D eigenvalue weighted by molar-refractivity contribution is 0.100. The van der Waals surface area contributed by atoms with E-state index in [0.29, 0.717) is 22.2 Å². The summed E-state index contributed by atoms with van der Waals surface area (Å²) >= 11 is 0. The largest absolute Gasteiger partial charge is 0.494 e. The van der Waals surface area contributed by atoms with E-state index in [0.717, 1.165) is 27.5 Å². The number of benzene rings is 4. The minimum atomic E-state index is -0.251. The summed E-state index contributed by atoms with van der Waals surface area (Å²) in [5.41, 5.74) is 4.91. The number of aryl methyl sites for hydroxylation is 1. The van der Waals surface area contributed by atoms with Gasteiger partial charge in [-0.05, 0) is 66.4 Å². The molecule has 4 heteroatoms. The molecule has 4 aromatic carbocycles. The third-order valence-electron chi connectivity index (χ3n) is 6.28. The Balaban J connectivity index is 2.01. The first-order valence-corrected chi connectivity index (χ1v) is 10.9. The van der Waals surface area contributed by atoms with Crippen molar-refractivity contribution >= 4 is 33.2 Å². The van der Waals surface area contributed by atoms with Crippen LogP contribution in [-0.2, 0) is 0 Å². The molecule has 4 nitrogen and oxygen atoms in total. The lowest BCUT2D eigenvalue weighted by atomic mass is 9.90. The summed E-state index contributed by atoms with van der Waals surface area (Å²) in [7, 11) is 0. The molecule has 0 aliphatic rings. The van der Waals surface area contributed by atoms with Gasteiger partial charge in [-0.15, -0.1) is 0 Å². The number of Topliss-reactive ketones (excluding diaryl/α,β-unsaturated/α-hetero) is 2. The Hall–Kier alpha value is -4.18. The number of nitrogens with zero attached hydrogens (tertiary/aromatic N) is 1. The van der Waals surface area contributed by atoms with Crippen molar-refractivity contribution in [1.82, 2.24) is 4.57 Å². The molecule has 162 valence electrons. The molecule has 5 aromatic rings. The van der Waals surface area contributed by atoms with Crippen LogP contribution in [0.3, 0.4) is 0 Å². The SMILES string of the molecule is CC(=O)c1c(O)n(-c2ccccc2)c2c(C(C)=O)c(C)c3cc(-c4ccccc4)ccc3c12. The maximum absolute atomic E-state index is 13.0. The second-order valence-electron chi connectivity index (χ2n) is 8.33. The van der Waals surface area contributed by atoms with E-state index in [2.05, 4.69) is 6.07 Å². The van der Waals surface area contributed by atoms with Crippen LogP contribution >= 0.6 is 0 Å². The molecule has 0 saturated heterocycles. The third-order valence-corrected chi connectivity index (χ3v) is 6.28. The van der Waals surface area contributed by atoms with Gasteiger partial charge in [-0.25, -0.2) is 0 Å². The van der Waals surface area contributed by atoms with E-state index in [4.69, 9.17) is 0 Å². The Bertz CT molecular complexity index is 1560. The molecule has 0 radical (unpaired) electrons. The van der Waals surface area contributed by atoms with Crippen LogP contribution < -0.4 is 0 Å². The normalized spacial score (nSPS) is 11.2. The van der Waals surface area contributed by atoms with Crippen LogP contribution in [-0.4, -0.2) is 21.2 Å². The van der Waals surface area contributed by atoms with E-state index in [-0.39, 0.29) is 23.0 Å². The Morgan fingerprint density at radius 3 is 1.94 bits per heavy atom. The smallest absolute Gasteiger partial charge is 0.207 e. The minimum absolute atomic E-state index is 0.116. The van der Waals surface area contributed by atoms with Gasteiger partial charge in [0.1, 0.15) is 0 Å². The van der Waals surface area contributed by atoms with Crippen molar-refractivity contribution in [1.29, 1.82) is 0 Å². The molecule has 1 aromatic heterocycles. The molecular weight excluding hydrogens is 410 g/mol. The monoisotopic (exact) mass is 433 g/mol. The highest BCUT2D eigenvalue weighted by Crippen LogP contribution is 2.43. The predicted octanol–water partition coefficient (Wildman–Crippen LogP) is 6.87.